The summed E-state index contributed by atoms with van der Waals surface area (Å²) in [7, 11) is 0. The lowest BCUT2D eigenvalue weighted by Crippen LogP contribution is -2.38. The van der Waals surface area contributed by atoms with Crippen LogP contribution < -0.4 is 5.73 Å². The van der Waals surface area contributed by atoms with Crippen LogP contribution >= 0.6 is 23.4 Å². The van der Waals surface area contributed by atoms with Gasteiger partial charge in [0.2, 0.25) is 5.89 Å². The predicted molar refractivity (Wildman–Crippen MR) is 84.3 cm³/mol. The maximum atomic E-state index is 6.40. The normalized spacial score (nSPS) is 17.8. The van der Waals surface area contributed by atoms with Crippen molar-refractivity contribution in [2.24, 2.45) is 5.73 Å². The molecule has 0 atom stereocenters. The van der Waals surface area contributed by atoms with Crippen molar-refractivity contribution in [2.45, 2.75) is 48.3 Å². The molecular formula is C15H18ClN3OS. The van der Waals surface area contributed by atoms with Crippen molar-refractivity contribution in [3.05, 3.63) is 41.0 Å². The highest BCUT2D eigenvalue weighted by molar-refractivity contribution is 7.98. The van der Waals surface area contributed by atoms with E-state index in [1.54, 1.807) is 11.8 Å². The average molecular weight is 324 g/mol. The quantitative estimate of drug-likeness (QED) is 0.857. The Morgan fingerprint density at radius 2 is 2.00 bits per heavy atom. The molecule has 112 valence electrons. The van der Waals surface area contributed by atoms with Gasteiger partial charge in [0.1, 0.15) is 0 Å². The molecule has 1 fully saturated rings. The summed E-state index contributed by atoms with van der Waals surface area (Å²) in [6.45, 7) is 0. The number of hydrogen-bond donors (Lipinski definition) is 1. The number of benzene rings is 1. The SMILES string of the molecule is NC1(c2nc(CSc3ccccc3Cl)no2)CCCCC1. The minimum Gasteiger partial charge on any atom is -0.337 e. The van der Waals surface area contributed by atoms with Gasteiger partial charge in [0.05, 0.1) is 16.3 Å². The van der Waals surface area contributed by atoms with Crippen LogP contribution in [-0.4, -0.2) is 10.1 Å². The molecular weight excluding hydrogens is 306 g/mol. The lowest BCUT2D eigenvalue weighted by molar-refractivity contribution is 0.219. The molecule has 6 heteroatoms. The third kappa shape index (κ3) is 3.42. The minimum absolute atomic E-state index is 0.432. The second kappa shape index (κ2) is 6.38. The molecule has 1 heterocycles. The van der Waals surface area contributed by atoms with E-state index >= 15 is 0 Å². The number of aromatic nitrogens is 2. The third-order valence-corrected chi connectivity index (χ3v) is 5.34. The summed E-state index contributed by atoms with van der Waals surface area (Å²) >= 11 is 7.74. The summed E-state index contributed by atoms with van der Waals surface area (Å²) in [5, 5.41) is 4.80. The fraction of sp³-hybridized carbons (Fsp3) is 0.467. The Bertz CT molecular complexity index is 610. The molecule has 0 bridgehead atoms. The lowest BCUT2D eigenvalue weighted by atomic mass is 9.82. The molecule has 21 heavy (non-hydrogen) atoms. The number of thioether (sulfide) groups is 1. The van der Waals surface area contributed by atoms with Gasteiger partial charge in [-0.25, -0.2) is 0 Å². The molecule has 1 aromatic carbocycles. The first-order valence-electron chi connectivity index (χ1n) is 7.17. The minimum atomic E-state index is -0.432. The van der Waals surface area contributed by atoms with Crippen molar-refractivity contribution < 1.29 is 4.52 Å². The van der Waals surface area contributed by atoms with Crippen LogP contribution in [0.2, 0.25) is 5.02 Å². The molecule has 4 nitrogen and oxygen atoms in total. The van der Waals surface area contributed by atoms with E-state index in [1.165, 1.54) is 6.42 Å². The van der Waals surface area contributed by atoms with Crippen molar-refractivity contribution in [1.29, 1.82) is 0 Å². The van der Waals surface area contributed by atoms with E-state index in [0.717, 1.165) is 35.6 Å². The molecule has 0 radical (unpaired) electrons. The summed E-state index contributed by atoms with van der Waals surface area (Å²) in [5.41, 5.74) is 5.97. The van der Waals surface area contributed by atoms with E-state index in [4.69, 9.17) is 21.9 Å². The topological polar surface area (TPSA) is 64.9 Å². The highest BCUT2D eigenvalue weighted by Gasteiger charge is 2.35. The largest absolute Gasteiger partial charge is 0.337 e. The van der Waals surface area contributed by atoms with E-state index in [1.807, 2.05) is 24.3 Å². The van der Waals surface area contributed by atoms with Crippen molar-refractivity contribution in [3.8, 4) is 0 Å². The van der Waals surface area contributed by atoms with Crippen LogP contribution in [0.25, 0.3) is 0 Å². The summed E-state index contributed by atoms with van der Waals surface area (Å²) in [6, 6.07) is 7.74. The average Bonchev–Trinajstić information content (AvgIpc) is 2.97. The van der Waals surface area contributed by atoms with Gasteiger partial charge in [0, 0.05) is 4.90 Å². The molecule has 0 unspecified atom stereocenters. The van der Waals surface area contributed by atoms with Crippen LogP contribution in [0.3, 0.4) is 0 Å². The summed E-state index contributed by atoms with van der Waals surface area (Å²) in [4.78, 5) is 5.50. The molecule has 0 aliphatic heterocycles. The van der Waals surface area contributed by atoms with Gasteiger partial charge in [-0.05, 0) is 25.0 Å². The molecule has 0 spiro atoms. The van der Waals surface area contributed by atoms with Gasteiger partial charge in [-0.2, -0.15) is 4.98 Å². The van der Waals surface area contributed by atoms with Crippen molar-refractivity contribution in [3.63, 3.8) is 0 Å². The summed E-state index contributed by atoms with van der Waals surface area (Å²) in [5.74, 6) is 1.88. The maximum Gasteiger partial charge on any atom is 0.246 e. The van der Waals surface area contributed by atoms with Crippen LogP contribution in [0.15, 0.2) is 33.7 Å². The van der Waals surface area contributed by atoms with Crippen LogP contribution in [0.4, 0.5) is 0 Å². The van der Waals surface area contributed by atoms with Gasteiger partial charge in [-0.1, -0.05) is 48.2 Å². The Kier molecular flexibility index (Phi) is 4.52. The fourth-order valence-electron chi connectivity index (χ4n) is 2.62. The lowest BCUT2D eigenvalue weighted by Gasteiger charge is -2.29. The number of halogens is 1. The molecule has 1 aliphatic rings. The maximum absolute atomic E-state index is 6.40. The Morgan fingerprint density at radius 3 is 2.76 bits per heavy atom. The zero-order chi connectivity index (χ0) is 14.7. The van der Waals surface area contributed by atoms with Crippen LogP contribution in [-0.2, 0) is 11.3 Å². The second-order valence-electron chi connectivity index (χ2n) is 5.45. The molecule has 0 amide bonds. The van der Waals surface area contributed by atoms with Crippen LogP contribution in [0.1, 0.15) is 43.8 Å². The molecule has 3 rings (SSSR count). The van der Waals surface area contributed by atoms with Gasteiger partial charge in [-0.3, -0.25) is 0 Å². The Balaban J connectivity index is 1.67. The van der Waals surface area contributed by atoms with Crippen molar-refractivity contribution in [1.82, 2.24) is 10.1 Å². The Labute approximate surface area is 133 Å². The fourth-order valence-corrected chi connectivity index (χ4v) is 3.70. The van der Waals surface area contributed by atoms with Crippen LogP contribution in [0, 0.1) is 0 Å². The first-order chi connectivity index (χ1) is 10.2. The highest BCUT2D eigenvalue weighted by atomic mass is 35.5. The standard InChI is InChI=1S/C15H18ClN3OS/c16-11-6-2-3-7-12(11)21-10-13-18-14(20-19-13)15(17)8-4-1-5-9-15/h2-3,6-7H,1,4-5,8-10,17H2. The molecule has 0 saturated heterocycles. The Morgan fingerprint density at radius 1 is 1.24 bits per heavy atom. The number of rotatable bonds is 4. The van der Waals surface area contributed by atoms with Gasteiger partial charge in [0.15, 0.2) is 5.82 Å². The monoisotopic (exact) mass is 323 g/mol. The van der Waals surface area contributed by atoms with Crippen molar-refractivity contribution in [2.75, 3.05) is 0 Å². The first kappa shape index (κ1) is 14.9. The Hall–Kier alpha value is -1.04. The number of hydrogen-bond acceptors (Lipinski definition) is 5. The summed E-state index contributed by atoms with van der Waals surface area (Å²) in [6.07, 6.45) is 5.34. The highest BCUT2D eigenvalue weighted by Crippen LogP contribution is 2.34. The number of nitrogens with two attached hydrogens (primary N) is 1. The molecule has 1 saturated carbocycles. The van der Waals surface area contributed by atoms with Gasteiger partial charge in [0.25, 0.3) is 0 Å². The third-order valence-electron chi connectivity index (χ3n) is 3.83. The van der Waals surface area contributed by atoms with E-state index in [2.05, 4.69) is 10.1 Å². The van der Waals surface area contributed by atoms with Gasteiger partial charge in [-0.15, -0.1) is 11.8 Å². The van der Waals surface area contributed by atoms with E-state index in [0.29, 0.717) is 17.5 Å². The van der Waals surface area contributed by atoms with Gasteiger partial charge >= 0.3 is 0 Å². The van der Waals surface area contributed by atoms with Gasteiger partial charge < -0.3 is 10.3 Å². The van der Waals surface area contributed by atoms with E-state index in [-0.39, 0.29) is 0 Å². The molecule has 1 aromatic heterocycles. The zero-order valence-electron chi connectivity index (χ0n) is 11.7. The molecule has 2 N–H and O–H groups in total. The molecule has 1 aliphatic carbocycles. The second-order valence-corrected chi connectivity index (χ2v) is 6.88. The smallest absolute Gasteiger partial charge is 0.246 e. The summed E-state index contributed by atoms with van der Waals surface area (Å²) < 4.78 is 5.39. The predicted octanol–water partition coefficient (Wildman–Crippen LogP) is 4.13. The van der Waals surface area contributed by atoms with E-state index in [9.17, 15) is 0 Å². The zero-order valence-corrected chi connectivity index (χ0v) is 13.3. The van der Waals surface area contributed by atoms with E-state index < -0.39 is 5.54 Å². The van der Waals surface area contributed by atoms with Crippen molar-refractivity contribution >= 4 is 23.4 Å². The first-order valence-corrected chi connectivity index (χ1v) is 8.53. The number of nitrogens with zero attached hydrogens (tertiary/aromatic N) is 2. The van der Waals surface area contributed by atoms with Crippen LogP contribution in [0.5, 0.6) is 0 Å². The molecule has 2 aromatic rings.